The third kappa shape index (κ3) is 2.98. The van der Waals surface area contributed by atoms with Crippen LogP contribution in [0.4, 0.5) is 0 Å². The lowest BCUT2D eigenvalue weighted by atomic mass is 9.92. The molecule has 0 amide bonds. The van der Waals surface area contributed by atoms with Gasteiger partial charge in [0.15, 0.2) is 11.5 Å². The van der Waals surface area contributed by atoms with Crippen molar-refractivity contribution in [1.82, 2.24) is 0 Å². The van der Waals surface area contributed by atoms with E-state index < -0.39 is 0 Å². The third-order valence-corrected chi connectivity index (χ3v) is 4.09. The quantitative estimate of drug-likeness (QED) is 0.780. The monoisotopic (exact) mass is 296 g/mol. The maximum atomic E-state index is 11.5. The van der Waals surface area contributed by atoms with Gasteiger partial charge in [0.2, 0.25) is 6.79 Å². The van der Waals surface area contributed by atoms with Gasteiger partial charge >= 0.3 is 0 Å². The van der Waals surface area contributed by atoms with Gasteiger partial charge in [-0.2, -0.15) is 0 Å². The van der Waals surface area contributed by atoms with Crippen molar-refractivity contribution >= 4 is 6.29 Å². The Morgan fingerprint density at radius 3 is 2.36 bits per heavy atom. The highest BCUT2D eigenvalue weighted by atomic mass is 16.7. The summed E-state index contributed by atoms with van der Waals surface area (Å²) in [6.45, 7) is 4.60. The lowest BCUT2D eigenvalue weighted by Gasteiger charge is -2.13. The number of hydrogen-bond acceptors (Lipinski definition) is 3. The number of fused-ring (bicyclic) bond motifs is 1. The van der Waals surface area contributed by atoms with E-state index in [9.17, 15) is 4.79 Å². The van der Waals surface area contributed by atoms with Crippen LogP contribution in [0.1, 0.15) is 42.4 Å². The topological polar surface area (TPSA) is 35.5 Å². The molecule has 1 aliphatic heterocycles. The van der Waals surface area contributed by atoms with Gasteiger partial charge in [-0.15, -0.1) is 0 Å². The molecule has 114 valence electrons. The Hall–Kier alpha value is -2.29. The summed E-state index contributed by atoms with van der Waals surface area (Å²) >= 11 is 0. The largest absolute Gasteiger partial charge is 0.454 e. The normalized spacial score (nSPS) is 14.1. The van der Waals surface area contributed by atoms with Crippen LogP contribution in [0, 0.1) is 0 Å². The summed E-state index contributed by atoms with van der Waals surface area (Å²) in [7, 11) is 0. The number of ether oxygens (including phenoxy) is 2. The fraction of sp³-hybridized carbons (Fsp3) is 0.316. The molecule has 0 radical (unpaired) electrons. The van der Waals surface area contributed by atoms with Crippen LogP contribution in [0.2, 0.25) is 0 Å². The molecular formula is C19H20O3. The minimum Gasteiger partial charge on any atom is -0.454 e. The standard InChI is InChI=1S/C19H20O3/c1-13(2)15-5-3-14(4-6-15)9-17(11-20)16-7-8-18-19(10-16)22-12-21-18/h3-8,10-11,13,17H,9,12H2,1-2H3. The maximum absolute atomic E-state index is 11.5. The number of benzene rings is 2. The predicted octanol–water partition coefficient (Wildman–Crippen LogP) is 4.06. The van der Waals surface area contributed by atoms with Crippen LogP contribution in [-0.4, -0.2) is 13.1 Å². The second kappa shape index (κ2) is 6.22. The van der Waals surface area contributed by atoms with Crippen molar-refractivity contribution in [3.05, 3.63) is 59.2 Å². The lowest BCUT2D eigenvalue weighted by Crippen LogP contribution is -2.04. The molecule has 2 aromatic carbocycles. The molecule has 0 aromatic heterocycles. The van der Waals surface area contributed by atoms with Gasteiger partial charge in [0, 0.05) is 5.92 Å². The summed E-state index contributed by atoms with van der Waals surface area (Å²) in [6.07, 6.45) is 1.70. The molecule has 1 aliphatic rings. The van der Waals surface area contributed by atoms with Gasteiger partial charge in [0.05, 0.1) is 0 Å². The van der Waals surface area contributed by atoms with Gasteiger partial charge in [-0.05, 0) is 41.2 Å². The molecule has 0 saturated carbocycles. The van der Waals surface area contributed by atoms with E-state index in [2.05, 4.69) is 38.1 Å². The molecule has 0 saturated heterocycles. The summed E-state index contributed by atoms with van der Waals surface area (Å²) in [5.74, 6) is 1.82. The summed E-state index contributed by atoms with van der Waals surface area (Å²) in [5.41, 5.74) is 3.45. The molecule has 0 spiro atoms. The third-order valence-electron chi connectivity index (χ3n) is 4.09. The van der Waals surface area contributed by atoms with Crippen molar-refractivity contribution in [2.45, 2.75) is 32.1 Å². The fourth-order valence-corrected chi connectivity index (χ4v) is 2.68. The van der Waals surface area contributed by atoms with E-state index in [0.717, 1.165) is 23.3 Å². The lowest BCUT2D eigenvalue weighted by molar-refractivity contribution is -0.109. The Labute approximate surface area is 130 Å². The minimum atomic E-state index is -0.167. The van der Waals surface area contributed by atoms with Gasteiger partial charge in [-0.1, -0.05) is 44.2 Å². The summed E-state index contributed by atoms with van der Waals surface area (Å²) < 4.78 is 10.7. The molecule has 3 heteroatoms. The van der Waals surface area contributed by atoms with Gasteiger partial charge in [-0.3, -0.25) is 0 Å². The molecule has 1 heterocycles. The van der Waals surface area contributed by atoms with Crippen molar-refractivity contribution in [1.29, 1.82) is 0 Å². The molecule has 3 nitrogen and oxygen atoms in total. The molecule has 0 N–H and O–H groups in total. The second-order valence-corrected chi connectivity index (χ2v) is 5.96. The molecule has 1 atom stereocenters. The van der Waals surface area contributed by atoms with Crippen LogP contribution in [-0.2, 0) is 11.2 Å². The molecule has 22 heavy (non-hydrogen) atoms. The van der Waals surface area contributed by atoms with Crippen molar-refractivity contribution in [3.63, 3.8) is 0 Å². The van der Waals surface area contributed by atoms with Crippen LogP contribution >= 0.6 is 0 Å². The highest BCUT2D eigenvalue weighted by Crippen LogP contribution is 2.35. The molecule has 3 rings (SSSR count). The number of aldehydes is 1. The average Bonchev–Trinajstić information content (AvgIpc) is 3.00. The summed E-state index contributed by atoms with van der Waals surface area (Å²) in [4.78, 5) is 11.5. The zero-order valence-corrected chi connectivity index (χ0v) is 12.9. The Bertz CT molecular complexity index is 659. The Morgan fingerprint density at radius 1 is 1.00 bits per heavy atom. The molecule has 1 unspecified atom stereocenters. The van der Waals surface area contributed by atoms with Gasteiger partial charge < -0.3 is 14.3 Å². The minimum absolute atomic E-state index is 0.167. The van der Waals surface area contributed by atoms with E-state index in [1.54, 1.807) is 0 Å². The molecule has 0 aliphatic carbocycles. The maximum Gasteiger partial charge on any atom is 0.231 e. The first-order valence-electron chi connectivity index (χ1n) is 7.61. The summed E-state index contributed by atoms with van der Waals surface area (Å²) in [5, 5.41) is 0. The number of hydrogen-bond donors (Lipinski definition) is 0. The second-order valence-electron chi connectivity index (χ2n) is 5.96. The van der Waals surface area contributed by atoms with Crippen LogP contribution in [0.5, 0.6) is 11.5 Å². The van der Waals surface area contributed by atoms with E-state index >= 15 is 0 Å². The van der Waals surface area contributed by atoms with Crippen LogP contribution in [0.25, 0.3) is 0 Å². The fourth-order valence-electron chi connectivity index (χ4n) is 2.68. The van der Waals surface area contributed by atoms with Crippen molar-refractivity contribution in [3.8, 4) is 11.5 Å². The van der Waals surface area contributed by atoms with Gasteiger partial charge in [-0.25, -0.2) is 0 Å². The van der Waals surface area contributed by atoms with Crippen LogP contribution in [0.15, 0.2) is 42.5 Å². The average molecular weight is 296 g/mol. The van der Waals surface area contributed by atoms with E-state index in [1.165, 1.54) is 11.1 Å². The van der Waals surface area contributed by atoms with E-state index in [-0.39, 0.29) is 12.7 Å². The van der Waals surface area contributed by atoms with Crippen molar-refractivity contribution in [2.75, 3.05) is 6.79 Å². The zero-order valence-electron chi connectivity index (χ0n) is 12.9. The van der Waals surface area contributed by atoms with Crippen molar-refractivity contribution < 1.29 is 14.3 Å². The van der Waals surface area contributed by atoms with E-state index in [4.69, 9.17) is 9.47 Å². The SMILES string of the molecule is CC(C)c1ccc(CC(C=O)c2ccc3c(c2)OCO3)cc1. The molecule has 0 bridgehead atoms. The number of carbonyl (C=O) groups is 1. The number of rotatable bonds is 5. The first-order valence-corrected chi connectivity index (χ1v) is 7.61. The first-order chi connectivity index (χ1) is 10.7. The Kier molecular flexibility index (Phi) is 4.14. The van der Waals surface area contributed by atoms with E-state index in [0.29, 0.717) is 12.3 Å². The number of carbonyl (C=O) groups excluding carboxylic acids is 1. The first kappa shape index (κ1) is 14.6. The molecular weight excluding hydrogens is 276 g/mol. The molecule has 2 aromatic rings. The highest BCUT2D eigenvalue weighted by molar-refractivity contribution is 5.64. The zero-order chi connectivity index (χ0) is 15.5. The Morgan fingerprint density at radius 2 is 1.68 bits per heavy atom. The van der Waals surface area contributed by atoms with Crippen LogP contribution in [0.3, 0.4) is 0 Å². The highest BCUT2D eigenvalue weighted by Gasteiger charge is 2.18. The molecule has 0 fully saturated rings. The van der Waals surface area contributed by atoms with Crippen LogP contribution < -0.4 is 9.47 Å². The Balaban J connectivity index is 1.78. The smallest absolute Gasteiger partial charge is 0.231 e. The van der Waals surface area contributed by atoms with Gasteiger partial charge in [0.1, 0.15) is 6.29 Å². The predicted molar refractivity (Wildman–Crippen MR) is 85.6 cm³/mol. The summed E-state index contributed by atoms with van der Waals surface area (Å²) in [6, 6.07) is 14.2. The van der Waals surface area contributed by atoms with Gasteiger partial charge in [0.25, 0.3) is 0 Å². The van der Waals surface area contributed by atoms with E-state index in [1.807, 2.05) is 18.2 Å². The van der Waals surface area contributed by atoms with Crippen molar-refractivity contribution in [2.24, 2.45) is 0 Å².